The van der Waals surface area contributed by atoms with E-state index in [1.807, 2.05) is 84.9 Å². The summed E-state index contributed by atoms with van der Waals surface area (Å²) in [6.07, 6.45) is 3.90. The minimum absolute atomic E-state index is 0.0144. The van der Waals surface area contributed by atoms with E-state index in [-0.39, 0.29) is 24.8 Å². The van der Waals surface area contributed by atoms with Gasteiger partial charge in [-0.05, 0) is 94.3 Å². The molecule has 2 saturated heterocycles. The maximum Gasteiger partial charge on any atom is 0.319 e. The molecular weight excluding hydrogens is 699 g/mol. The lowest BCUT2D eigenvalue weighted by Gasteiger charge is -2.41. The van der Waals surface area contributed by atoms with Crippen molar-refractivity contribution in [1.29, 1.82) is 0 Å². The molecule has 8 nitrogen and oxygen atoms in total. The first-order chi connectivity index (χ1) is 27.1. The highest BCUT2D eigenvalue weighted by molar-refractivity contribution is 5.89. The van der Waals surface area contributed by atoms with Crippen LogP contribution in [0.15, 0.2) is 127 Å². The molecule has 2 aliphatic heterocycles. The summed E-state index contributed by atoms with van der Waals surface area (Å²) in [6.45, 7) is 9.70. The lowest BCUT2D eigenvalue weighted by Crippen LogP contribution is -2.42. The molecule has 1 aliphatic carbocycles. The van der Waals surface area contributed by atoms with Gasteiger partial charge < -0.3 is 30.0 Å². The molecule has 5 atom stereocenters. The standard InChI is InChI=1S/C48H53N3O5/c1-47(2)26-39-27-48(3,31-47)32-51(39)29-42-25-44(35-15-13-33(30-52)14-16-35)56-45(55-42)36-19-17-34(18-20-36)43-12-8-7-9-37(43)28-49-46(53)50-38-21-23-41(24-22-38)54-40-10-5-4-6-11-40/h4-24,39,42,44-45,52H,25-32H2,1-3H3,(H2,49,50,53). The Bertz CT molecular complexity index is 2090. The molecule has 5 aromatic carbocycles. The predicted octanol–water partition coefficient (Wildman–Crippen LogP) is 10.4. The number of para-hydroxylation sites is 1. The second-order valence-corrected chi connectivity index (χ2v) is 17.0. The molecule has 3 N–H and O–H groups in total. The predicted molar refractivity (Wildman–Crippen MR) is 220 cm³/mol. The average Bonchev–Trinajstić information content (AvgIpc) is 3.44. The number of likely N-dealkylation sites (tertiary alicyclic amines) is 1. The molecule has 8 heteroatoms. The molecule has 3 aliphatic rings. The second-order valence-electron chi connectivity index (χ2n) is 17.0. The van der Waals surface area contributed by atoms with Crippen molar-refractivity contribution >= 4 is 11.7 Å². The van der Waals surface area contributed by atoms with Crippen molar-refractivity contribution in [1.82, 2.24) is 10.2 Å². The van der Waals surface area contributed by atoms with Gasteiger partial charge in [0.15, 0.2) is 6.29 Å². The summed E-state index contributed by atoms with van der Waals surface area (Å²) in [5.74, 6) is 1.45. The SMILES string of the molecule is CC1(C)CC2CC(C)(CN2CC2CC(c3ccc(CO)cc3)OC(c3ccc(-c4ccccc4CNC(=O)Nc4ccc(Oc5ccccc5)cc4)cc3)O2)C1. The van der Waals surface area contributed by atoms with Crippen molar-refractivity contribution in [3.05, 3.63) is 150 Å². The van der Waals surface area contributed by atoms with Crippen LogP contribution in [0.4, 0.5) is 10.5 Å². The van der Waals surface area contributed by atoms with Gasteiger partial charge in [-0.1, -0.05) is 112 Å². The van der Waals surface area contributed by atoms with Gasteiger partial charge in [-0.3, -0.25) is 4.90 Å². The van der Waals surface area contributed by atoms with E-state index in [1.54, 1.807) is 0 Å². The van der Waals surface area contributed by atoms with Gasteiger partial charge in [-0.15, -0.1) is 0 Å². The van der Waals surface area contributed by atoms with Crippen LogP contribution < -0.4 is 15.4 Å². The number of hydrogen-bond donors (Lipinski definition) is 3. The van der Waals surface area contributed by atoms with E-state index in [9.17, 15) is 9.90 Å². The number of benzene rings is 5. The molecule has 2 bridgehead atoms. The van der Waals surface area contributed by atoms with E-state index < -0.39 is 6.29 Å². The molecule has 8 rings (SSSR count). The number of aliphatic hydroxyl groups excluding tert-OH is 1. The van der Waals surface area contributed by atoms with Gasteiger partial charge in [0.1, 0.15) is 11.5 Å². The molecule has 0 spiro atoms. The van der Waals surface area contributed by atoms with Crippen molar-refractivity contribution < 1.29 is 24.1 Å². The normalized spacial score (nSPS) is 24.4. The van der Waals surface area contributed by atoms with Crippen LogP contribution in [0.3, 0.4) is 0 Å². The monoisotopic (exact) mass is 751 g/mol. The third kappa shape index (κ3) is 9.00. The highest BCUT2D eigenvalue weighted by atomic mass is 16.7. The van der Waals surface area contributed by atoms with Crippen LogP contribution in [-0.2, 0) is 22.6 Å². The number of nitrogens with zero attached hydrogens (tertiary/aromatic N) is 1. The highest BCUT2D eigenvalue weighted by Gasteiger charge is 2.50. The minimum atomic E-state index is -0.515. The summed E-state index contributed by atoms with van der Waals surface area (Å²) in [4.78, 5) is 15.6. The summed E-state index contributed by atoms with van der Waals surface area (Å²) < 4.78 is 19.4. The molecular formula is C48H53N3O5. The average molecular weight is 752 g/mol. The molecule has 1 saturated carbocycles. The van der Waals surface area contributed by atoms with E-state index in [1.165, 1.54) is 19.3 Å². The van der Waals surface area contributed by atoms with Gasteiger partial charge in [0.2, 0.25) is 0 Å². The van der Waals surface area contributed by atoms with Crippen molar-refractivity contribution in [2.75, 3.05) is 18.4 Å². The highest BCUT2D eigenvalue weighted by Crippen LogP contribution is 2.53. The molecule has 3 fully saturated rings. The topological polar surface area (TPSA) is 92.3 Å². The van der Waals surface area contributed by atoms with E-state index in [2.05, 4.69) is 78.8 Å². The Labute approximate surface area is 330 Å². The molecule has 56 heavy (non-hydrogen) atoms. The van der Waals surface area contributed by atoms with Crippen molar-refractivity contribution in [3.63, 3.8) is 0 Å². The van der Waals surface area contributed by atoms with Gasteiger partial charge in [-0.25, -0.2) is 4.79 Å². The number of aliphatic hydroxyl groups is 1. The van der Waals surface area contributed by atoms with Crippen LogP contribution in [0.2, 0.25) is 0 Å². The number of amides is 2. The van der Waals surface area contributed by atoms with Crippen molar-refractivity contribution in [3.8, 4) is 22.6 Å². The Morgan fingerprint density at radius 3 is 2.25 bits per heavy atom. The van der Waals surface area contributed by atoms with E-state index in [0.29, 0.717) is 34.9 Å². The van der Waals surface area contributed by atoms with Gasteiger partial charge in [0.05, 0.1) is 18.8 Å². The minimum Gasteiger partial charge on any atom is -0.457 e. The Morgan fingerprint density at radius 1 is 0.804 bits per heavy atom. The largest absolute Gasteiger partial charge is 0.457 e. The molecule has 2 heterocycles. The van der Waals surface area contributed by atoms with Gasteiger partial charge in [0, 0.05) is 43.3 Å². The number of carbonyl (C=O) groups is 1. The molecule has 2 amide bonds. The zero-order chi connectivity index (χ0) is 38.7. The molecule has 5 aromatic rings. The third-order valence-electron chi connectivity index (χ3n) is 11.6. The summed E-state index contributed by atoms with van der Waals surface area (Å²) in [5, 5.41) is 15.6. The van der Waals surface area contributed by atoms with Crippen LogP contribution in [0.5, 0.6) is 11.5 Å². The fraction of sp³-hybridized carbons (Fsp3) is 0.354. The van der Waals surface area contributed by atoms with E-state index in [0.717, 1.165) is 58.6 Å². The zero-order valence-electron chi connectivity index (χ0n) is 32.6. The van der Waals surface area contributed by atoms with Crippen LogP contribution in [-0.4, -0.2) is 41.3 Å². The maximum absolute atomic E-state index is 12.9. The number of fused-ring (bicyclic) bond motifs is 2. The number of anilines is 1. The molecule has 290 valence electrons. The first-order valence-electron chi connectivity index (χ1n) is 19.9. The van der Waals surface area contributed by atoms with Crippen LogP contribution >= 0.6 is 0 Å². The van der Waals surface area contributed by atoms with Gasteiger partial charge >= 0.3 is 6.03 Å². The van der Waals surface area contributed by atoms with E-state index in [4.69, 9.17) is 14.2 Å². The quantitative estimate of drug-likeness (QED) is 0.124. The summed E-state index contributed by atoms with van der Waals surface area (Å²) >= 11 is 0. The number of nitrogens with one attached hydrogen (secondary N) is 2. The van der Waals surface area contributed by atoms with Crippen LogP contribution in [0.25, 0.3) is 11.1 Å². The fourth-order valence-corrected chi connectivity index (χ4v) is 9.44. The molecule has 0 radical (unpaired) electrons. The fourth-order valence-electron chi connectivity index (χ4n) is 9.44. The van der Waals surface area contributed by atoms with Gasteiger partial charge in [0.25, 0.3) is 0 Å². The van der Waals surface area contributed by atoms with Crippen molar-refractivity contribution in [2.24, 2.45) is 10.8 Å². The Morgan fingerprint density at radius 2 is 1.50 bits per heavy atom. The maximum atomic E-state index is 12.9. The molecule has 5 unspecified atom stereocenters. The summed E-state index contributed by atoms with van der Waals surface area (Å²) in [6, 6.07) is 41.9. The lowest BCUT2D eigenvalue weighted by atomic mass is 9.65. The van der Waals surface area contributed by atoms with Crippen molar-refractivity contribution in [2.45, 2.75) is 84.1 Å². The van der Waals surface area contributed by atoms with E-state index >= 15 is 0 Å². The van der Waals surface area contributed by atoms with Crippen LogP contribution in [0.1, 0.15) is 81.1 Å². The van der Waals surface area contributed by atoms with Crippen LogP contribution in [0, 0.1) is 10.8 Å². The first-order valence-corrected chi connectivity index (χ1v) is 19.9. The Kier molecular flexibility index (Phi) is 11.0. The summed E-state index contributed by atoms with van der Waals surface area (Å²) in [5.41, 5.74) is 7.44. The smallest absolute Gasteiger partial charge is 0.319 e. The second kappa shape index (κ2) is 16.2. The van der Waals surface area contributed by atoms with Gasteiger partial charge in [-0.2, -0.15) is 0 Å². The Balaban J connectivity index is 0.932. The number of carbonyl (C=O) groups excluding carboxylic acids is 1. The Hall–Kier alpha value is -4.99. The zero-order valence-corrected chi connectivity index (χ0v) is 32.6. The molecule has 0 aromatic heterocycles. The third-order valence-corrected chi connectivity index (χ3v) is 11.6. The first kappa shape index (κ1) is 37.9. The number of rotatable bonds is 11. The summed E-state index contributed by atoms with van der Waals surface area (Å²) in [7, 11) is 0. The number of ether oxygens (including phenoxy) is 3. The number of urea groups is 1. The number of hydrogen-bond acceptors (Lipinski definition) is 6. The lowest BCUT2D eigenvalue weighted by molar-refractivity contribution is -0.253.